The minimum atomic E-state index is -0.969. The minimum absolute atomic E-state index is 0.0270. The molecule has 3 heterocycles. The third kappa shape index (κ3) is 8.20. The van der Waals surface area contributed by atoms with E-state index >= 15 is 4.39 Å². The SMILES string of the molecule is CCn1nccc1C(=O)N[C@H](C(=O)Nc1ccc(C[C@@H](NC(=O)c2cnnn2C)C(=O)N2CCN(C)CC2)cc1F)C1CCCCC1. The van der Waals surface area contributed by atoms with E-state index in [1.54, 1.807) is 28.8 Å². The molecule has 1 aromatic carbocycles. The Hall–Kier alpha value is -4.66. The van der Waals surface area contributed by atoms with Gasteiger partial charge in [0.05, 0.1) is 11.9 Å². The van der Waals surface area contributed by atoms with Gasteiger partial charge in [0.1, 0.15) is 29.3 Å². The van der Waals surface area contributed by atoms with Gasteiger partial charge in [0.15, 0.2) is 0 Å². The molecule has 2 aromatic heterocycles. The van der Waals surface area contributed by atoms with Crippen molar-refractivity contribution < 1.29 is 23.6 Å². The van der Waals surface area contributed by atoms with Crippen LogP contribution in [0.3, 0.4) is 0 Å². The average molecular weight is 651 g/mol. The van der Waals surface area contributed by atoms with E-state index in [4.69, 9.17) is 0 Å². The van der Waals surface area contributed by atoms with Crippen LogP contribution in [-0.2, 0) is 29.6 Å². The molecule has 3 aromatic rings. The van der Waals surface area contributed by atoms with Gasteiger partial charge in [-0.2, -0.15) is 5.10 Å². The van der Waals surface area contributed by atoms with Crippen molar-refractivity contribution in [1.82, 2.24) is 45.2 Å². The Balaban J connectivity index is 1.31. The van der Waals surface area contributed by atoms with Crippen molar-refractivity contribution in [2.45, 2.75) is 64.1 Å². The van der Waals surface area contributed by atoms with Gasteiger partial charge in [-0.05, 0) is 56.5 Å². The third-order valence-corrected chi connectivity index (χ3v) is 9.04. The van der Waals surface area contributed by atoms with Gasteiger partial charge in [-0.3, -0.25) is 23.9 Å². The molecule has 15 heteroatoms. The lowest BCUT2D eigenvalue weighted by Gasteiger charge is -2.34. The zero-order chi connectivity index (χ0) is 33.5. The maximum absolute atomic E-state index is 15.6. The summed E-state index contributed by atoms with van der Waals surface area (Å²) in [6.07, 6.45) is 7.38. The molecule has 252 valence electrons. The van der Waals surface area contributed by atoms with Crippen molar-refractivity contribution in [3.8, 4) is 0 Å². The predicted octanol–water partition coefficient (Wildman–Crippen LogP) is 1.60. The summed E-state index contributed by atoms with van der Waals surface area (Å²) < 4.78 is 18.4. The van der Waals surface area contributed by atoms with E-state index in [1.165, 1.54) is 29.2 Å². The highest BCUT2D eigenvalue weighted by Gasteiger charge is 2.33. The van der Waals surface area contributed by atoms with Gasteiger partial charge in [-0.1, -0.05) is 30.5 Å². The number of amides is 4. The van der Waals surface area contributed by atoms with E-state index in [1.807, 2.05) is 14.0 Å². The van der Waals surface area contributed by atoms with Crippen LogP contribution in [0.2, 0.25) is 0 Å². The summed E-state index contributed by atoms with van der Waals surface area (Å²) in [6, 6.07) is 4.09. The van der Waals surface area contributed by atoms with Crippen molar-refractivity contribution in [2.24, 2.45) is 13.0 Å². The standard InChI is InChI=1S/C32H43FN10O4/c1-4-43-26(12-13-35-43)29(44)38-28(22-8-6-5-7-9-22)31(46)36-24-11-10-21(18-23(24)33)19-25(32(47)42-16-14-40(2)15-17-42)37-30(45)27-20-34-39-41(27)3/h10-13,18,20,22,25,28H,4-9,14-17,19H2,1-3H3,(H,36,46)(H,37,45)(H,38,44)/t25-,28+/m1/s1. The highest BCUT2D eigenvalue weighted by atomic mass is 19.1. The monoisotopic (exact) mass is 650 g/mol. The average Bonchev–Trinajstić information content (AvgIpc) is 3.74. The molecule has 0 radical (unpaired) electrons. The van der Waals surface area contributed by atoms with Gasteiger partial charge in [0.2, 0.25) is 11.8 Å². The second-order valence-electron chi connectivity index (χ2n) is 12.3. The number of hydrogen-bond acceptors (Lipinski definition) is 8. The highest BCUT2D eigenvalue weighted by Crippen LogP contribution is 2.28. The number of rotatable bonds is 11. The van der Waals surface area contributed by atoms with E-state index in [2.05, 4.69) is 36.3 Å². The van der Waals surface area contributed by atoms with Crippen LogP contribution in [0.4, 0.5) is 10.1 Å². The number of aromatic nitrogens is 5. The number of carbonyl (C=O) groups excluding carboxylic acids is 4. The zero-order valence-corrected chi connectivity index (χ0v) is 27.1. The summed E-state index contributed by atoms with van der Waals surface area (Å²) in [5, 5.41) is 20.0. The summed E-state index contributed by atoms with van der Waals surface area (Å²) in [7, 11) is 3.55. The molecule has 1 saturated carbocycles. The first kappa shape index (κ1) is 33.7. The second kappa shape index (κ2) is 15.3. The molecule has 4 amide bonds. The van der Waals surface area contributed by atoms with Crippen LogP contribution in [0.15, 0.2) is 36.7 Å². The first-order valence-corrected chi connectivity index (χ1v) is 16.2. The molecule has 3 N–H and O–H groups in total. The number of halogens is 1. The van der Waals surface area contributed by atoms with Crippen molar-refractivity contribution in [1.29, 1.82) is 0 Å². The molecule has 0 spiro atoms. The fourth-order valence-corrected chi connectivity index (χ4v) is 6.27. The van der Waals surface area contributed by atoms with E-state index in [9.17, 15) is 19.2 Å². The third-order valence-electron chi connectivity index (χ3n) is 9.04. The van der Waals surface area contributed by atoms with E-state index in [0.29, 0.717) is 44.0 Å². The number of nitrogens with one attached hydrogen (secondary N) is 3. The maximum atomic E-state index is 15.6. The number of likely N-dealkylation sites (N-methyl/N-ethyl adjacent to an activating group) is 1. The maximum Gasteiger partial charge on any atom is 0.271 e. The molecule has 47 heavy (non-hydrogen) atoms. The molecule has 2 atom stereocenters. The number of carbonyl (C=O) groups is 4. The Bertz CT molecular complexity index is 1570. The zero-order valence-electron chi connectivity index (χ0n) is 27.1. The lowest BCUT2D eigenvalue weighted by molar-refractivity contribution is -0.134. The number of aryl methyl sites for hydroxylation is 2. The van der Waals surface area contributed by atoms with Gasteiger partial charge < -0.3 is 25.8 Å². The van der Waals surface area contributed by atoms with Crippen LogP contribution in [0.5, 0.6) is 0 Å². The summed E-state index contributed by atoms with van der Waals surface area (Å²) in [5.74, 6) is -2.48. The summed E-state index contributed by atoms with van der Waals surface area (Å²) in [4.78, 5) is 57.2. The van der Waals surface area contributed by atoms with Gasteiger partial charge in [0, 0.05) is 52.4 Å². The molecule has 2 aliphatic rings. The van der Waals surface area contributed by atoms with Gasteiger partial charge in [-0.25, -0.2) is 9.07 Å². The summed E-state index contributed by atoms with van der Waals surface area (Å²) in [6.45, 7) is 4.79. The topological polar surface area (TPSA) is 159 Å². The smallest absolute Gasteiger partial charge is 0.271 e. The van der Waals surface area contributed by atoms with Crippen LogP contribution in [0, 0.1) is 11.7 Å². The normalized spacial score (nSPS) is 17.1. The van der Waals surface area contributed by atoms with Crippen LogP contribution in [0.1, 0.15) is 65.6 Å². The molecule has 5 rings (SSSR count). The first-order valence-electron chi connectivity index (χ1n) is 16.2. The number of piperazine rings is 1. The summed E-state index contributed by atoms with van der Waals surface area (Å²) >= 11 is 0. The Morgan fingerprint density at radius 3 is 2.34 bits per heavy atom. The van der Waals surface area contributed by atoms with Crippen LogP contribution >= 0.6 is 0 Å². The molecule has 2 fully saturated rings. The van der Waals surface area contributed by atoms with Crippen LogP contribution < -0.4 is 16.0 Å². The molecular weight excluding hydrogens is 607 g/mol. The van der Waals surface area contributed by atoms with E-state index < -0.39 is 35.6 Å². The number of nitrogens with zero attached hydrogens (tertiary/aromatic N) is 7. The largest absolute Gasteiger partial charge is 0.339 e. The van der Waals surface area contributed by atoms with Crippen molar-refractivity contribution >= 4 is 29.3 Å². The van der Waals surface area contributed by atoms with Crippen molar-refractivity contribution in [3.63, 3.8) is 0 Å². The fraction of sp³-hybridized carbons (Fsp3) is 0.531. The molecule has 0 bridgehead atoms. The highest BCUT2D eigenvalue weighted by molar-refractivity contribution is 6.01. The molecule has 0 unspecified atom stereocenters. The van der Waals surface area contributed by atoms with E-state index in [-0.39, 0.29) is 29.6 Å². The van der Waals surface area contributed by atoms with Gasteiger partial charge >= 0.3 is 0 Å². The molecule has 14 nitrogen and oxygen atoms in total. The number of hydrogen-bond donors (Lipinski definition) is 3. The minimum Gasteiger partial charge on any atom is -0.339 e. The second-order valence-corrected chi connectivity index (χ2v) is 12.3. The van der Waals surface area contributed by atoms with E-state index in [0.717, 1.165) is 32.1 Å². The Morgan fingerprint density at radius 1 is 0.957 bits per heavy atom. The molecular formula is C32H43FN10O4. The predicted molar refractivity (Wildman–Crippen MR) is 171 cm³/mol. The van der Waals surface area contributed by atoms with Crippen LogP contribution in [0.25, 0.3) is 0 Å². The van der Waals surface area contributed by atoms with Gasteiger partial charge in [0.25, 0.3) is 11.8 Å². The quantitative estimate of drug-likeness (QED) is 0.282. The molecule has 1 saturated heterocycles. The van der Waals surface area contributed by atoms with Gasteiger partial charge in [-0.15, -0.1) is 5.10 Å². The summed E-state index contributed by atoms with van der Waals surface area (Å²) in [5.41, 5.74) is 0.953. The van der Waals surface area contributed by atoms with Crippen molar-refractivity contribution in [2.75, 3.05) is 38.5 Å². The fourth-order valence-electron chi connectivity index (χ4n) is 6.27. The number of benzene rings is 1. The Morgan fingerprint density at radius 2 is 1.68 bits per heavy atom. The van der Waals surface area contributed by atoms with Crippen molar-refractivity contribution in [3.05, 3.63) is 59.4 Å². The first-order chi connectivity index (χ1) is 22.6. The van der Waals surface area contributed by atoms with Crippen LogP contribution in [-0.4, -0.2) is 104 Å². The lowest BCUT2D eigenvalue weighted by Crippen LogP contribution is -2.55. The molecule has 1 aliphatic carbocycles. The Labute approximate surface area is 273 Å². The molecule has 1 aliphatic heterocycles. The number of anilines is 1. The lowest BCUT2D eigenvalue weighted by atomic mass is 9.83. The Kier molecular flexibility index (Phi) is 11.0.